The highest BCUT2D eigenvalue weighted by Gasteiger charge is 2.57. The molecule has 4 heterocycles. The average Bonchev–Trinajstić information content (AvgIpc) is 3.54. The number of anilines is 1. The minimum absolute atomic E-state index is 0.137. The summed E-state index contributed by atoms with van der Waals surface area (Å²) in [6.07, 6.45) is 2.11. The fraction of sp³-hybridized carbons (Fsp3) is 0.393. The molecule has 2 aromatic heterocycles. The van der Waals surface area contributed by atoms with Crippen molar-refractivity contribution in [3.05, 3.63) is 64.2 Å². The van der Waals surface area contributed by atoms with Crippen molar-refractivity contribution >= 4 is 28.3 Å². The molecule has 9 nitrogen and oxygen atoms in total. The second-order valence-corrected chi connectivity index (χ2v) is 11.2. The molecule has 1 aromatic carbocycles. The maximum atomic E-state index is 12.7. The highest BCUT2D eigenvalue weighted by atomic mass is 32.1. The predicted octanol–water partition coefficient (Wildman–Crippen LogP) is 3.56. The first-order valence-corrected chi connectivity index (χ1v) is 13.5. The van der Waals surface area contributed by atoms with Crippen LogP contribution in [0.2, 0.25) is 0 Å². The third-order valence-electron chi connectivity index (χ3n) is 7.79. The lowest BCUT2D eigenvalue weighted by Gasteiger charge is -2.30. The number of hydrogen-bond donors (Lipinski definition) is 2. The van der Waals surface area contributed by atoms with Crippen LogP contribution in [0.3, 0.4) is 0 Å². The maximum absolute atomic E-state index is 12.7. The van der Waals surface area contributed by atoms with Gasteiger partial charge < -0.3 is 20.1 Å². The average molecular weight is 530 g/mol. The van der Waals surface area contributed by atoms with E-state index >= 15 is 0 Å². The number of pyridine rings is 1. The van der Waals surface area contributed by atoms with Gasteiger partial charge >= 0.3 is 0 Å². The van der Waals surface area contributed by atoms with E-state index in [1.54, 1.807) is 25.1 Å². The third kappa shape index (κ3) is 4.47. The number of hydrogen-bond acceptors (Lipinski definition) is 8. The van der Waals surface area contributed by atoms with E-state index in [2.05, 4.69) is 27.8 Å². The zero-order valence-corrected chi connectivity index (χ0v) is 21.8. The van der Waals surface area contributed by atoms with Gasteiger partial charge in [0.15, 0.2) is 5.13 Å². The Kier molecular flexibility index (Phi) is 6.22. The standard InChI is InChI=1S/C28H27N5O4S/c1-27(15-29)16-37-12-18-6-5-17(9-20(18)27)25(35)30-11-24(34)33-26-32-22(14-38-26)21-3-2-4-23(31-21)28-7-8-36-13-19(28)10-28/h2-6,9,14,19H,7-8,10-13,16H2,1H3,(H,30,35)(H,32,33,34)/t19-,27+,28+/m0/s1. The Bertz CT molecular complexity index is 1470. The first kappa shape index (κ1) is 24.7. The summed E-state index contributed by atoms with van der Waals surface area (Å²) >= 11 is 1.31. The lowest BCUT2D eigenvalue weighted by molar-refractivity contribution is -0.115. The van der Waals surface area contributed by atoms with Gasteiger partial charge in [0.05, 0.1) is 38.1 Å². The summed E-state index contributed by atoms with van der Waals surface area (Å²) in [7, 11) is 0. The molecule has 0 radical (unpaired) electrons. The number of fused-ring (bicyclic) bond motifs is 2. The number of rotatable bonds is 6. The van der Waals surface area contributed by atoms with Crippen molar-refractivity contribution in [2.75, 3.05) is 31.7 Å². The first-order chi connectivity index (χ1) is 18.4. The van der Waals surface area contributed by atoms with Gasteiger partial charge in [0.25, 0.3) is 5.91 Å². The van der Waals surface area contributed by atoms with E-state index in [9.17, 15) is 14.9 Å². The minimum atomic E-state index is -0.816. The van der Waals surface area contributed by atoms with Crippen LogP contribution >= 0.6 is 11.3 Å². The zero-order valence-electron chi connectivity index (χ0n) is 21.0. The van der Waals surface area contributed by atoms with E-state index in [4.69, 9.17) is 14.5 Å². The van der Waals surface area contributed by atoms with Crippen molar-refractivity contribution in [3.8, 4) is 17.5 Å². The summed E-state index contributed by atoms with van der Waals surface area (Å²) in [6.45, 7) is 3.84. The molecule has 10 heteroatoms. The van der Waals surface area contributed by atoms with E-state index < -0.39 is 5.41 Å². The molecule has 38 heavy (non-hydrogen) atoms. The second-order valence-electron chi connectivity index (χ2n) is 10.4. The Morgan fingerprint density at radius 2 is 2.11 bits per heavy atom. The van der Waals surface area contributed by atoms with Crippen molar-refractivity contribution in [1.82, 2.24) is 15.3 Å². The molecule has 1 saturated carbocycles. The SMILES string of the molecule is C[C@@]1(C#N)COCc2ccc(C(=O)NCC(=O)Nc3nc(-c4cccc([C@@]56CCOC[C@@H]5C6)n4)cs3)cc21. The molecule has 1 aliphatic carbocycles. The van der Waals surface area contributed by atoms with E-state index in [0.717, 1.165) is 48.6 Å². The fourth-order valence-electron chi connectivity index (χ4n) is 5.45. The molecule has 1 saturated heterocycles. The Balaban J connectivity index is 1.07. The van der Waals surface area contributed by atoms with Gasteiger partial charge in [-0.2, -0.15) is 5.26 Å². The Morgan fingerprint density at radius 1 is 1.21 bits per heavy atom. The van der Waals surface area contributed by atoms with Gasteiger partial charge in [-0.05, 0) is 61.1 Å². The van der Waals surface area contributed by atoms with Gasteiger partial charge in [-0.25, -0.2) is 4.98 Å². The van der Waals surface area contributed by atoms with Crippen LogP contribution in [0.25, 0.3) is 11.4 Å². The quantitative estimate of drug-likeness (QED) is 0.500. The number of nitriles is 1. The van der Waals surface area contributed by atoms with Crippen molar-refractivity contribution in [3.63, 3.8) is 0 Å². The lowest BCUT2D eigenvalue weighted by Crippen LogP contribution is -2.34. The predicted molar refractivity (Wildman–Crippen MR) is 141 cm³/mol. The molecule has 2 fully saturated rings. The molecule has 2 amide bonds. The molecule has 0 bridgehead atoms. The Labute approximate surface area is 224 Å². The number of amides is 2. The summed E-state index contributed by atoms with van der Waals surface area (Å²) < 4.78 is 11.1. The highest BCUT2D eigenvalue weighted by Crippen LogP contribution is 2.58. The number of carbonyl (C=O) groups is 2. The van der Waals surface area contributed by atoms with Gasteiger partial charge in [-0.1, -0.05) is 12.1 Å². The molecule has 6 rings (SSSR count). The molecule has 0 spiro atoms. The monoisotopic (exact) mass is 529 g/mol. The minimum Gasteiger partial charge on any atom is -0.381 e. The molecule has 2 aliphatic heterocycles. The van der Waals surface area contributed by atoms with Crippen LogP contribution < -0.4 is 10.6 Å². The molecular weight excluding hydrogens is 502 g/mol. The Hall–Kier alpha value is -3.65. The van der Waals surface area contributed by atoms with Crippen molar-refractivity contribution in [2.45, 2.75) is 37.2 Å². The number of thiazole rings is 1. The molecule has 3 atom stereocenters. The van der Waals surface area contributed by atoms with Gasteiger partial charge in [-0.15, -0.1) is 11.3 Å². The molecular formula is C28H27N5O4S. The van der Waals surface area contributed by atoms with Crippen molar-refractivity contribution in [1.29, 1.82) is 5.26 Å². The Morgan fingerprint density at radius 3 is 2.95 bits per heavy atom. The summed E-state index contributed by atoms with van der Waals surface area (Å²) in [5.41, 5.74) is 3.96. The number of nitrogens with one attached hydrogen (secondary N) is 2. The normalized spacial score (nSPS) is 25.4. The van der Waals surface area contributed by atoms with E-state index in [1.807, 2.05) is 17.5 Å². The zero-order chi connectivity index (χ0) is 26.3. The number of carbonyl (C=O) groups excluding carboxylic acids is 2. The molecule has 3 aromatic rings. The number of benzene rings is 1. The van der Waals surface area contributed by atoms with E-state index in [0.29, 0.717) is 28.9 Å². The summed E-state index contributed by atoms with van der Waals surface area (Å²) in [4.78, 5) is 34.7. The number of nitrogens with zero attached hydrogens (tertiary/aromatic N) is 3. The second kappa shape index (κ2) is 9.58. The van der Waals surface area contributed by atoms with Gasteiger partial charge in [0.1, 0.15) is 11.1 Å². The number of aromatic nitrogens is 2. The number of ether oxygens (including phenoxy) is 2. The van der Waals surface area contributed by atoms with Crippen LogP contribution in [-0.4, -0.2) is 48.1 Å². The van der Waals surface area contributed by atoms with Gasteiger partial charge in [0.2, 0.25) is 5.91 Å². The molecule has 0 unspecified atom stereocenters. The van der Waals surface area contributed by atoms with Gasteiger partial charge in [0, 0.05) is 28.7 Å². The van der Waals surface area contributed by atoms with Crippen LogP contribution in [0.15, 0.2) is 41.8 Å². The van der Waals surface area contributed by atoms with Crippen molar-refractivity contribution < 1.29 is 19.1 Å². The van der Waals surface area contributed by atoms with Gasteiger partial charge in [-0.3, -0.25) is 14.6 Å². The van der Waals surface area contributed by atoms with Crippen LogP contribution in [-0.2, 0) is 31.7 Å². The van der Waals surface area contributed by atoms with Crippen LogP contribution in [0.4, 0.5) is 5.13 Å². The first-order valence-electron chi connectivity index (χ1n) is 12.6. The van der Waals surface area contributed by atoms with E-state index in [1.165, 1.54) is 11.3 Å². The largest absolute Gasteiger partial charge is 0.381 e. The summed E-state index contributed by atoms with van der Waals surface area (Å²) in [6, 6.07) is 13.5. The molecule has 2 N–H and O–H groups in total. The van der Waals surface area contributed by atoms with Crippen LogP contribution in [0.5, 0.6) is 0 Å². The van der Waals surface area contributed by atoms with Crippen LogP contribution in [0, 0.1) is 17.2 Å². The van der Waals surface area contributed by atoms with Crippen LogP contribution in [0.1, 0.15) is 46.9 Å². The lowest BCUT2D eigenvalue weighted by atomic mass is 9.79. The van der Waals surface area contributed by atoms with E-state index in [-0.39, 0.29) is 30.4 Å². The molecule has 194 valence electrons. The third-order valence-corrected chi connectivity index (χ3v) is 8.54. The summed E-state index contributed by atoms with van der Waals surface area (Å²) in [5.74, 6) is -0.219. The fourth-order valence-corrected chi connectivity index (χ4v) is 6.17. The molecule has 3 aliphatic rings. The topological polar surface area (TPSA) is 126 Å². The van der Waals surface area contributed by atoms with Crippen molar-refractivity contribution in [2.24, 2.45) is 5.92 Å². The maximum Gasteiger partial charge on any atom is 0.251 e. The smallest absolute Gasteiger partial charge is 0.251 e. The highest BCUT2D eigenvalue weighted by molar-refractivity contribution is 7.14. The summed E-state index contributed by atoms with van der Waals surface area (Å²) in [5, 5.41) is 17.3.